The minimum atomic E-state index is -0.541. The standard InChI is InChI=1S/C26H33N3O4/c1-3-19(2)24(29-18-20-7-4-5-10-23(20)26(29)31)25(30)27-21-8-6-9-22(17-21)33-16-13-28-11-14-32-15-12-28/h4-10,17,19,24H,3,11-16,18H2,1-2H3,(H,27,30)/t19-,24+/m1/s1. The fraction of sp³-hybridized carbons (Fsp3) is 0.462. The van der Waals surface area contributed by atoms with Gasteiger partial charge in [-0.15, -0.1) is 0 Å². The largest absolute Gasteiger partial charge is 0.492 e. The number of nitrogens with one attached hydrogen (secondary N) is 1. The number of rotatable bonds is 9. The van der Waals surface area contributed by atoms with Gasteiger partial charge in [0.05, 0.1) is 13.2 Å². The lowest BCUT2D eigenvalue weighted by Crippen LogP contribution is -2.48. The highest BCUT2D eigenvalue weighted by molar-refractivity contribution is 6.03. The number of hydrogen-bond donors (Lipinski definition) is 1. The Morgan fingerprint density at radius 3 is 2.70 bits per heavy atom. The molecular weight excluding hydrogens is 418 g/mol. The summed E-state index contributed by atoms with van der Waals surface area (Å²) in [6.45, 7) is 9.33. The van der Waals surface area contributed by atoms with Crippen molar-refractivity contribution in [1.29, 1.82) is 0 Å². The van der Waals surface area contributed by atoms with Crippen LogP contribution in [0.2, 0.25) is 0 Å². The summed E-state index contributed by atoms with van der Waals surface area (Å²) in [5, 5.41) is 3.02. The van der Waals surface area contributed by atoms with Gasteiger partial charge in [0.15, 0.2) is 0 Å². The normalized spacial score (nSPS) is 18.0. The van der Waals surface area contributed by atoms with Gasteiger partial charge >= 0.3 is 0 Å². The number of hydrogen-bond acceptors (Lipinski definition) is 5. The van der Waals surface area contributed by atoms with E-state index in [1.807, 2.05) is 62.4 Å². The average molecular weight is 452 g/mol. The molecule has 0 aliphatic carbocycles. The van der Waals surface area contributed by atoms with Crippen LogP contribution in [0, 0.1) is 5.92 Å². The smallest absolute Gasteiger partial charge is 0.255 e. The molecule has 1 saturated heterocycles. The maximum atomic E-state index is 13.4. The summed E-state index contributed by atoms with van der Waals surface area (Å²) >= 11 is 0. The topological polar surface area (TPSA) is 71.1 Å². The monoisotopic (exact) mass is 451 g/mol. The van der Waals surface area contributed by atoms with E-state index in [0.29, 0.717) is 30.2 Å². The second-order valence-corrected chi connectivity index (χ2v) is 8.74. The van der Waals surface area contributed by atoms with Crippen LogP contribution in [0.15, 0.2) is 48.5 Å². The molecule has 0 spiro atoms. The number of carbonyl (C=O) groups excluding carboxylic acids is 2. The Hall–Kier alpha value is -2.90. The summed E-state index contributed by atoms with van der Waals surface area (Å²) in [7, 11) is 0. The van der Waals surface area contributed by atoms with Crippen LogP contribution in [0.5, 0.6) is 5.75 Å². The van der Waals surface area contributed by atoms with Gasteiger partial charge in [-0.05, 0) is 29.7 Å². The van der Waals surface area contributed by atoms with Crippen molar-refractivity contribution in [2.75, 3.05) is 44.8 Å². The molecule has 1 fully saturated rings. The molecule has 0 aromatic heterocycles. The van der Waals surface area contributed by atoms with Crippen LogP contribution in [0.25, 0.3) is 0 Å². The highest BCUT2D eigenvalue weighted by Crippen LogP contribution is 2.29. The number of benzene rings is 2. The molecule has 7 nitrogen and oxygen atoms in total. The first-order valence-electron chi connectivity index (χ1n) is 11.8. The third-order valence-electron chi connectivity index (χ3n) is 6.52. The molecule has 176 valence electrons. The SMILES string of the molecule is CC[C@@H](C)[C@@H](C(=O)Nc1cccc(OCCN2CCOCC2)c1)N1Cc2ccccc2C1=O. The van der Waals surface area contributed by atoms with Crippen LogP contribution in [0.1, 0.15) is 36.2 Å². The second-order valence-electron chi connectivity index (χ2n) is 8.74. The van der Waals surface area contributed by atoms with Crippen molar-refractivity contribution >= 4 is 17.5 Å². The highest BCUT2D eigenvalue weighted by Gasteiger charge is 2.38. The van der Waals surface area contributed by atoms with Crippen LogP contribution in [0.3, 0.4) is 0 Å². The van der Waals surface area contributed by atoms with E-state index in [9.17, 15) is 9.59 Å². The lowest BCUT2D eigenvalue weighted by atomic mass is 9.96. The molecule has 2 aromatic carbocycles. The molecule has 0 saturated carbocycles. The van der Waals surface area contributed by atoms with Crippen LogP contribution >= 0.6 is 0 Å². The number of fused-ring (bicyclic) bond motifs is 1. The fourth-order valence-corrected chi connectivity index (χ4v) is 4.43. The maximum Gasteiger partial charge on any atom is 0.255 e. The number of amides is 2. The number of morpholine rings is 1. The quantitative estimate of drug-likeness (QED) is 0.633. The summed E-state index contributed by atoms with van der Waals surface area (Å²) in [5.41, 5.74) is 2.33. The lowest BCUT2D eigenvalue weighted by Gasteiger charge is -2.31. The molecule has 2 aromatic rings. The zero-order chi connectivity index (χ0) is 23.2. The van der Waals surface area contributed by atoms with E-state index in [4.69, 9.17) is 9.47 Å². The summed E-state index contributed by atoms with van der Waals surface area (Å²) < 4.78 is 11.3. The summed E-state index contributed by atoms with van der Waals surface area (Å²) in [6.07, 6.45) is 0.795. The Labute approximate surface area is 195 Å². The third kappa shape index (κ3) is 5.54. The molecule has 0 bridgehead atoms. The molecule has 7 heteroatoms. The van der Waals surface area contributed by atoms with Gasteiger partial charge in [0.2, 0.25) is 5.91 Å². The van der Waals surface area contributed by atoms with Crippen molar-refractivity contribution in [3.05, 3.63) is 59.7 Å². The van der Waals surface area contributed by atoms with Gasteiger partial charge in [-0.2, -0.15) is 0 Å². The Kier molecular flexibility index (Phi) is 7.62. The first kappa shape index (κ1) is 23.3. The van der Waals surface area contributed by atoms with Crippen molar-refractivity contribution in [3.63, 3.8) is 0 Å². The molecule has 0 unspecified atom stereocenters. The van der Waals surface area contributed by atoms with Crippen molar-refractivity contribution < 1.29 is 19.1 Å². The Bertz CT molecular complexity index is 974. The van der Waals surface area contributed by atoms with E-state index in [-0.39, 0.29) is 17.7 Å². The molecule has 2 amide bonds. The van der Waals surface area contributed by atoms with Crippen molar-refractivity contribution in [2.24, 2.45) is 5.92 Å². The van der Waals surface area contributed by atoms with Crippen molar-refractivity contribution in [3.8, 4) is 5.75 Å². The number of anilines is 1. The predicted octanol–water partition coefficient (Wildman–Crippen LogP) is 3.41. The second kappa shape index (κ2) is 10.8. The molecule has 33 heavy (non-hydrogen) atoms. The van der Waals surface area contributed by atoms with Gasteiger partial charge in [-0.1, -0.05) is 44.5 Å². The van der Waals surface area contributed by atoms with E-state index in [1.165, 1.54) is 0 Å². The average Bonchev–Trinajstić information content (AvgIpc) is 3.16. The first-order valence-corrected chi connectivity index (χ1v) is 11.8. The third-order valence-corrected chi connectivity index (χ3v) is 6.52. The molecule has 1 N–H and O–H groups in total. The van der Waals surface area contributed by atoms with E-state index in [2.05, 4.69) is 10.2 Å². The zero-order valence-electron chi connectivity index (χ0n) is 19.5. The first-order chi connectivity index (χ1) is 16.1. The molecule has 2 aliphatic rings. The minimum absolute atomic E-state index is 0.0243. The van der Waals surface area contributed by atoms with Gasteiger partial charge < -0.3 is 19.7 Å². The summed E-state index contributed by atoms with van der Waals surface area (Å²) in [6, 6.07) is 14.5. The summed E-state index contributed by atoms with van der Waals surface area (Å²) in [5.74, 6) is 0.490. The van der Waals surface area contributed by atoms with Crippen LogP contribution in [-0.4, -0.2) is 67.1 Å². The van der Waals surface area contributed by atoms with E-state index in [1.54, 1.807) is 4.90 Å². The van der Waals surface area contributed by atoms with Crippen LogP contribution in [0.4, 0.5) is 5.69 Å². The Morgan fingerprint density at radius 2 is 1.94 bits per heavy atom. The van der Waals surface area contributed by atoms with E-state index >= 15 is 0 Å². The Morgan fingerprint density at radius 1 is 1.15 bits per heavy atom. The fourth-order valence-electron chi connectivity index (χ4n) is 4.43. The zero-order valence-corrected chi connectivity index (χ0v) is 19.5. The van der Waals surface area contributed by atoms with Gasteiger partial charge in [0.25, 0.3) is 5.91 Å². The van der Waals surface area contributed by atoms with Crippen LogP contribution < -0.4 is 10.1 Å². The molecule has 2 heterocycles. The molecule has 2 aliphatic heterocycles. The van der Waals surface area contributed by atoms with E-state index in [0.717, 1.165) is 44.8 Å². The van der Waals surface area contributed by atoms with Crippen molar-refractivity contribution in [2.45, 2.75) is 32.9 Å². The van der Waals surface area contributed by atoms with E-state index < -0.39 is 6.04 Å². The molecule has 4 rings (SSSR count). The number of ether oxygens (including phenoxy) is 2. The van der Waals surface area contributed by atoms with Gasteiger partial charge in [-0.3, -0.25) is 14.5 Å². The molecule has 2 atom stereocenters. The Balaban J connectivity index is 1.40. The van der Waals surface area contributed by atoms with Gasteiger partial charge in [0.1, 0.15) is 18.4 Å². The predicted molar refractivity (Wildman–Crippen MR) is 127 cm³/mol. The van der Waals surface area contributed by atoms with Crippen molar-refractivity contribution in [1.82, 2.24) is 9.80 Å². The van der Waals surface area contributed by atoms with Gasteiger partial charge in [0, 0.05) is 43.5 Å². The molecule has 0 radical (unpaired) electrons. The lowest BCUT2D eigenvalue weighted by molar-refractivity contribution is -0.122. The van der Waals surface area contributed by atoms with Gasteiger partial charge in [-0.25, -0.2) is 0 Å². The van der Waals surface area contributed by atoms with Crippen LogP contribution in [-0.2, 0) is 16.1 Å². The summed E-state index contributed by atoms with van der Waals surface area (Å²) in [4.78, 5) is 30.4. The number of nitrogens with zero attached hydrogens (tertiary/aromatic N) is 2. The number of carbonyl (C=O) groups is 2. The molecular formula is C26H33N3O4. The minimum Gasteiger partial charge on any atom is -0.492 e. The maximum absolute atomic E-state index is 13.4. The highest BCUT2D eigenvalue weighted by atomic mass is 16.5.